The topological polar surface area (TPSA) is 80.3 Å². The maximum Gasteiger partial charge on any atom is 2.00 e. The molecule has 0 heterocycles. The van der Waals surface area contributed by atoms with Crippen molar-refractivity contribution in [2.45, 2.75) is 13.8 Å². The summed E-state index contributed by atoms with van der Waals surface area (Å²) >= 11 is 0. The second-order valence-electron chi connectivity index (χ2n) is 0.983. The van der Waals surface area contributed by atoms with Crippen molar-refractivity contribution in [2.24, 2.45) is 0 Å². The van der Waals surface area contributed by atoms with Crippen LogP contribution < -0.4 is 29.1 Å². The Hall–Kier alpha value is 0.0569. The van der Waals surface area contributed by atoms with Gasteiger partial charge in [0.25, 0.3) is 0 Å². The Kier molecular flexibility index (Phi) is 36.0. The van der Waals surface area contributed by atoms with Crippen LogP contribution >= 0.6 is 0 Å². The van der Waals surface area contributed by atoms with Gasteiger partial charge in [-0.3, -0.25) is 0 Å². The minimum Gasteiger partial charge on any atom is -1.00 e. The fourth-order valence-corrected chi connectivity index (χ4v) is 0. The van der Waals surface area contributed by atoms with Gasteiger partial charge in [0.1, 0.15) is 0 Å². The predicted octanol–water partition coefficient (Wildman–Crippen LogP) is -5.37. The van der Waals surface area contributed by atoms with Gasteiger partial charge in [-0.25, -0.2) is 0 Å². The Morgan fingerprint density at radius 2 is 1.10 bits per heavy atom. The van der Waals surface area contributed by atoms with Crippen molar-refractivity contribution in [3.8, 4) is 0 Å². The molecule has 0 fully saturated rings. The first-order valence-electron chi connectivity index (χ1n) is 1.82. The first-order valence-corrected chi connectivity index (χ1v) is 1.82. The smallest absolute Gasteiger partial charge is 1.00 e. The molecule has 6 heteroatoms. The van der Waals surface area contributed by atoms with E-state index in [9.17, 15) is 0 Å². The van der Waals surface area contributed by atoms with Crippen molar-refractivity contribution >= 4 is 11.9 Å². The fourth-order valence-electron chi connectivity index (χ4n) is 0. The van der Waals surface area contributed by atoms with E-state index in [0.717, 1.165) is 13.8 Å². The summed E-state index contributed by atoms with van der Waals surface area (Å²) in [6.45, 7) is 1.94. The Labute approximate surface area is 83.1 Å². The van der Waals surface area contributed by atoms with Gasteiger partial charge in [0.15, 0.2) is 0 Å². The molecule has 0 amide bonds. The first kappa shape index (κ1) is 22.5. The van der Waals surface area contributed by atoms with E-state index in [-0.39, 0.29) is 37.4 Å². The number of carboxylic acids is 2. The molecule has 0 aliphatic carbocycles. The van der Waals surface area contributed by atoms with Gasteiger partial charge < -0.3 is 21.2 Å². The molecule has 0 saturated carbocycles. The zero-order valence-corrected chi connectivity index (χ0v) is 7.19. The molecule has 0 unspecified atom stereocenters. The van der Waals surface area contributed by atoms with Crippen molar-refractivity contribution in [1.29, 1.82) is 0 Å². The Morgan fingerprint density at radius 3 is 1.10 bits per heavy atom. The quantitative estimate of drug-likeness (QED) is 0.349. The van der Waals surface area contributed by atoms with Crippen molar-refractivity contribution < 1.29 is 57.2 Å². The van der Waals surface area contributed by atoms with Gasteiger partial charge in [0, 0.05) is 11.9 Å². The molecule has 0 aliphatic rings. The fraction of sp³-hybridized carbons (Fsp3) is 0.500. The van der Waals surface area contributed by atoms with Crippen LogP contribution in [0.3, 0.4) is 0 Å². The second kappa shape index (κ2) is 16.0. The van der Waals surface area contributed by atoms with Crippen LogP contribution in [-0.2, 0) is 26.7 Å². The van der Waals surface area contributed by atoms with Crippen molar-refractivity contribution in [2.75, 3.05) is 0 Å². The molecule has 0 spiro atoms. The van der Waals surface area contributed by atoms with E-state index in [1.54, 1.807) is 0 Å². The van der Waals surface area contributed by atoms with Gasteiger partial charge >= 0.3 is 35.9 Å². The van der Waals surface area contributed by atoms with E-state index < -0.39 is 11.9 Å². The van der Waals surface area contributed by atoms with Gasteiger partial charge in [-0.05, 0) is 13.8 Å². The number of hydrogen-bond acceptors (Lipinski definition) is 4. The molecular weight excluding hydrogens is 174 g/mol. The summed E-state index contributed by atoms with van der Waals surface area (Å²) in [5.41, 5.74) is 0. The molecule has 0 aromatic rings. The zero-order chi connectivity index (χ0) is 7.15. The Morgan fingerprint density at radius 1 is 1.10 bits per heavy atom. The van der Waals surface area contributed by atoms with Crippen LogP contribution in [0.4, 0.5) is 0 Å². The summed E-state index contributed by atoms with van der Waals surface area (Å²) < 4.78 is 0. The maximum atomic E-state index is 8.89. The molecule has 0 rings (SSSR count). The second-order valence-corrected chi connectivity index (χ2v) is 0.983. The van der Waals surface area contributed by atoms with Crippen molar-refractivity contribution in [3.05, 3.63) is 0 Å². The normalized spacial score (nSPS) is 5.00. The summed E-state index contributed by atoms with van der Waals surface area (Å²) in [5, 5.41) is 17.8. The van der Waals surface area contributed by atoms with E-state index in [1.807, 2.05) is 0 Å². The first-order chi connectivity index (χ1) is 3.46. The Balaban J connectivity index is -0.0000000171. The van der Waals surface area contributed by atoms with Gasteiger partial charge in [-0.2, -0.15) is 0 Å². The molecule has 0 aromatic carbocycles. The third-order valence-electron chi connectivity index (χ3n) is 0. The molecule has 0 aliphatic heterocycles. The van der Waals surface area contributed by atoms with Gasteiger partial charge in [0.2, 0.25) is 0 Å². The van der Waals surface area contributed by atoms with Crippen LogP contribution in [0.2, 0.25) is 0 Å². The number of aliphatic carboxylic acids is 2. The van der Waals surface area contributed by atoms with Gasteiger partial charge in [-0.1, -0.05) is 0 Å². The summed E-state index contributed by atoms with van der Waals surface area (Å²) in [4.78, 5) is 17.8. The summed E-state index contributed by atoms with van der Waals surface area (Å²) in [5.74, 6) is -2.17. The van der Waals surface area contributed by atoms with Crippen LogP contribution in [-0.4, -0.2) is 11.9 Å². The molecule has 0 atom stereocenters. The van der Waals surface area contributed by atoms with E-state index in [0.29, 0.717) is 0 Å². The number of hydrogen-bond donors (Lipinski definition) is 0. The monoisotopic (exact) mass is 181 g/mol. The predicted molar refractivity (Wildman–Crippen MR) is 22.5 cm³/mol. The zero-order valence-electron chi connectivity index (χ0n) is 7.01. The summed E-state index contributed by atoms with van der Waals surface area (Å²) in [6, 6.07) is 0. The van der Waals surface area contributed by atoms with Crippen LogP contribution in [0.25, 0.3) is 0 Å². The van der Waals surface area contributed by atoms with Crippen LogP contribution in [0.5, 0.6) is 0 Å². The average Bonchev–Trinajstić information content (AvgIpc) is 1.25. The third-order valence-corrected chi connectivity index (χ3v) is 0. The van der Waals surface area contributed by atoms with E-state index >= 15 is 0 Å². The minimum absolute atomic E-state index is 0. The molecule has 1 radical (unpaired) electrons. The largest absolute Gasteiger partial charge is 2.00 e. The standard InChI is InChI=1S/2C2H4O2.Li.Mn.H/c2*1-2(3)4;;;/h2*1H3,(H,3,4);;;/q;;+1;+2;-1/p-2. The van der Waals surface area contributed by atoms with Crippen LogP contribution in [0.15, 0.2) is 0 Å². The summed E-state index contributed by atoms with van der Waals surface area (Å²) in [6.07, 6.45) is 0. The molecule has 4 nitrogen and oxygen atoms in total. The van der Waals surface area contributed by atoms with E-state index in [2.05, 4.69) is 0 Å². The van der Waals surface area contributed by atoms with E-state index in [1.165, 1.54) is 0 Å². The SMILES string of the molecule is CC(=O)[O-].CC(=O)[O-].[H-].[Li+].[Mn+2]. The van der Waals surface area contributed by atoms with Crippen LogP contribution in [0, 0.1) is 0 Å². The van der Waals surface area contributed by atoms with Crippen molar-refractivity contribution in [3.63, 3.8) is 0 Å². The van der Waals surface area contributed by atoms with Gasteiger partial charge in [-0.15, -0.1) is 0 Å². The molecule has 0 aromatic heterocycles. The molecule has 0 N–H and O–H groups in total. The van der Waals surface area contributed by atoms with Crippen LogP contribution in [0.1, 0.15) is 15.3 Å². The number of carbonyl (C=O) groups excluding carboxylic acids is 2. The minimum atomic E-state index is -1.08. The number of carboxylic acid groups (broad SMARTS) is 2. The molecule has 0 saturated heterocycles. The molecule has 55 valence electrons. The average molecular weight is 181 g/mol. The third kappa shape index (κ3) is 124000. The molecular formula is C4H7LiMnO4. The number of carbonyl (C=O) groups is 2. The molecule has 10 heavy (non-hydrogen) atoms. The molecule has 0 bridgehead atoms. The van der Waals surface area contributed by atoms with Gasteiger partial charge in [0.05, 0.1) is 0 Å². The number of rotatable bonds is 0. The van der Waals surface area contributed by atoms with Crippen molar-refractivity contribution in [1.82, 2.24) is 0 Å². The maximum absolute atomic E-state index is 8.89. The Bertz CT molecular complexity index is 80.1. The summed E-state index contributed by atoms with van der Waals surface area (Å²) in [7, 11) is 0. The van der Waals surface area contributed by atoms with E-state index in [4.69, 9.17) is 19.8 Å².